The Morgan fingerprint density at radius 3 is 2.30 bits per heavy atom. The summed E-state index contributed by atoms with van der Waals surface area (Å²) in [6, 6.07) is 12.2. The van der Waals surface area contributed by atoms with Crippen LogP contribution in [0.4, 0.5) is 5.69 Å². The number of benzene rings is 2. The number of methoxy groups -OCH3 is 2. The monoisotopic (exact) mass is 390 g/mol. The molecule has 3 rings (SSSR count). The molecule has 0 unspecified atom stereocenters. The van der Waals surface area contributed by atoms with Crippen LogP contribution < -0.4 is 14.2 Å². The van der Waals surface area contributed by atoms with Gasteiger partial charge in [0.15, 0.2) is 0 Å². The zero-order valence-corrected chi connectivity index (χ0v) is 16.6. The van der Waals surface area contributed by atoms with Crippen LogP contribution in [0.1, 0.15) is 24.8 Å². The quantitative estimate of drug-likeness (QED) is 0.784. The standard InChI is InChI=1S/C20H26N2O4S/c1-25-18-10-11-20(19(14-18)26-2)27(23,24)21-17-8-6-16(7-9-17)15-22-12-4-3-5-13-22/h6-11,14,21H,3-5,12-13,15H2,1-2H3. The van der Waals surface area contributed by atoms with Crippen molar-refractivity contribution in [3.63, 3.8) is 0 Å². The fourth-order valence-corrected chi connectivity index (χ4v) is 4.47. The molecule has 146 valence electrons. The second-order valence-electron chi connectivity index (χ2n) is 6.66. The number of rotatable bonds is 7. The number of ether oxygens (including phenoxy) is 2. The lowest BCUT2D eigenvalue weighted by Gasteiger charge is -2.26. The van der Waals surface area contributed by atoms with Crippen LogP contribution >= 0.6 is 0 Å². The zero-order valence-electron chi connectivity index (χ0n) is 15.8. The molecule has 2 aromatic carbocycles. The topological polar surface area (TPSA) is 67.9 Å². The Morgan fingerprint density at radius 2 is 1.67 bits per heavy atom. The maximum Gasteiger partial charge on any atom is 0.265 e. The van der Waals surface area contributed by atoms with Crippen molar-refractivity contribution in [2.75, 3.05) is 32.0 Å². The van der Waals surface area contributed by atoms with Gasteiger partial charge in [-0.3, -0.25) is 9.62 Å². The predicted molar refractivity (Wildman–Crippen MR) is 106 cm³/mol. The van der Waals surface area contributed by atoms with E-state index in [4.69, 9.17) is 9.47 Å². The molecule has 1 aliphatic rings. The second-order valence-corrected chi connectivity index (χ2v) is 8.31. The van der Waals surface area contributed by atoms with Gasteiger partial charge in [0, 0.05) is 18.3 Å². The van der Waals surface area contributed by atoms with Crippen LogP contribution in [0, 0.1) is 0 Å². The molecule has 0 radical (unpaired) electrons. The molecule has 1 saturated heterocycles. The number of nitrogens with one attached hydrogen (secondary N) is 1. The first-order valence-corrected chi connectivity index (χ1v) is 10.6. The maximum absolute atomic E-state index is 12.7. The fourth-order valence-electron chi connectivity index (χ4n) is 3.26. The summed E-state index contributed by atoms with van der Waals surface area (Å²) in [4.78, 5) is 2.51. The molecule has 0 bridgehead atoms. The summed E-state index contributed by atoms with van der Waals surface area (Å²) in [5.74, 6) is 0.774. The summed E-state index contributed by atoms with van der Waals surface area (Å²) in [7, 11) is -0.808. The number of nitrogens with zero attached hydrogens (tertiary/aromatic N) is 1. The van der Waals surface area contributed by atoms with Crippen LogP contribution in [0.15, 0.2) is 47.4 Å². The number of hydrogen-bond acceptors (Lipinski definition) is 5. The summed E-state index contributed by atoms with van der Waals surface area (Å²) in [6.07, 6.45) is 3.81. The Balaban J connectivity index is 1.72. The van der Waals surface area contributed by atoms with Crippen molar-refractivity contribution in [1.82, 2.24) is 4.90 Å². The molecule has 0 atom stereocenters. The Hall–Kier alpha value is -2.25. The van der Waals surface area contributed by atoms with Gasteiger partial charge in [0.25, 0.3) is 10.0 Å². The van der Waals surface area contributed by atoms with Gasteiger partial charge in [0.05, 0.1) is 14.2 Å². The molecular formula is C20H26N2O4S. The third-order valence-electron chi connectivity index (χ3n) is 4.72. The van der Waals surface area contributed by atoms with E-state index in [9.17, 15) is 8.42 Å². The first-order valence-electron chi connectivity index (χ1n) is 9.08. The summed E-state index contributed by atoms with van der Waals surface area (Å²) >= 11 is 0. The molecule has 6 nitrogen and oxygen atoms in total. The number of likely N-dealkylation sites (tertiary alicyclic amines) is 1. The van der Waals surface area contributed by atoms with Crippen molar-refractivity contribution in [3.8, 4) is 11.5 Å². The van der Waals surface area contributed by atoms with E-state index in [-0.39, 0.29) is 10.6 Å². The molecule has 2 aromatic rings. The third-order valence-corrected chi connectivity index (χ3v) is 6.14. The van der Waals surface area contributed by atoms with E-state index in [0.717, 1.165) is 19.6 Å². The van der Waals surface area contributed by atoms with Crippen LogP contribution in [0.2, 0.25) is 0 Å². The van der Waals surface area contributed by atoms with Crippen LogP contribution in [0.3, 0.4) is 0 Å². The van der Waals surface area contributed by atoms with Crippen LogP contribution in [-0.4, -0.2) is 40.6 Å². The number of piperidine rings is 1. The summed E-state index contributed by atoms with van der Waals surface area (Å²) < 4.78 is 38.4. The van der Waals surface area contributed by atoms with E-state index in [2.05, 4.69) is 9.62 Å². The SMILES string of the molecule is COc1ccc(S(=O)(=O)Nc2ccc(CN3CCCCC3)cc2)c(OC)c1. The van der Waals surface area contributed by atoms with E-state index in [0.29, 0.717) is 11.4 Å². The van der Waals surface area contributed by atoms with E-state index < -0.39 is 10.0 Å². The number of anilines is 1. The van der Waals surface area contributed by atoms with Gasteiger partial charge in [-0.25, -0.2) is 8.42 Å². The van der Waals surface area contributed by atoms with Crippen LogP contribution in [0.25, 0.3) is 0 Å². The highest BCUT2D eigenvalue weighted by molar-refractivity contribution is 7.92. The molecular weight excluding hydrogens is 364 g/mol. The molecule has 1 fully saturated rings. The number of sulfonamides is 1. The van der Waals surface area contributed by atoms with Gasteiger partial charge in [0.2, 0.25) is 0 Å². The zero-order chi connectivity index (χ0) is 19.3. The summed E-state index contributed by atoms with van der Waals surface area (Å²) in [5, 5.41) is 0. The molecule has 0 aromatic heterocycles. The van der Waals surface area contributed by atoms with Gasteiger partial charge in [-0.15, -0.1) is 0 Å². The average Bonchev–Trinajstić information content (AvgIpc) is 2.69. The maximum atomic E-state index is 12.7. The second kappa shape index (κ2) is 8.63. The Morgan fingerprint density at radius 1 is 0.963 bits per heavy atom. The highest BCUT2D eigenvalue weighted by Gasteiger charge is 2.20. The lowest BCUT2D eigenvalue weighted by atomic mass is 10.1. The van der Waals surface area contributed by atoms with Crippen molar-refractivity contribution < 1.29 is 17.9 Å². The van der Waals surface area contributed by atoms with Crippen molar-refractivity contribution in [2.24, 2.45) is 0 Å². The van der Waals surface area contributed by atoms with E-state index in [1.807, 2.05) is 12.1 Å². The van der Waals surface area contributed by atoms with Crippen molar-refractivity contribution in [2.45, 2.75) is 30.7 Å². The first kappa shape index (κ1) is 19.5. The lowest BCUT2D eigenvalue weighted by molar-refractivity contribution is 0.221. The Labute approximate surface area is 161 Å². The largest absolute Gasteiger partial charge is 0.497 e. The highest BCUT2D eigenvalue weighted by atomic mass is 32.2. The third kappa shape index (κ3) is 4.93. The van der Waals surface area contributed by atoms with Crippen molar-refractivity contribution >= 4 is 15.7 Å². The van der Waals surface area contributed by atoms with Crippen LogP contribution in [-0.2, 0) is 16.6 Å². The fraction of sp³-hybridized carbons (Fsp3) is 0.400. The highest BCUT2D eigenvalue weighted by Crippen LogP contribution is 2.29. The molecule has 1 N–H and O–H groups in total. The molecule has 1 aliphatic heterocycles. The molecule has 0 aliphatic carbocycles. The van der Waals surface area contributed by atoms with Gasteiger partial charge >= 0.3 is 0 Å². The molecule has 1 heterocycles. The summed E-state index contributed by atoms with van der Waals surface area (Å²) in [5.41, 5.74) is 1.71. The Bertz CT molecular complexity index is 860. The minimum absolute atomic E-state index is 0.0724. The molecule has 0 amide bonds. The van der Waals surface area contributed by atoms with Crippen LogP contribution in [0.5, 0.6) is 11.5 Å². The minimum Gasteiger partial charge on any atom is -0.497 e. The van der Waals surface area contributed by atoms with E-state index in [1.165, 1.54) is 45.1 Å². The Kier molecular flexibility index (Phi) is 6.23. The minimum atomic E-state index is -3.76. The molecule has 7 heteroatoms. The molecule has 27 heavy (non-hydrogen) atoms. The van der Waals surface area contributed by atoms with Gasteiger partial charge in [0.1, 0.15) is 16.4 Å². The van der Waals surface area contributed by atoms with Gasteiger partial charge in [-0.2, -0.15) is 0 Å². The normalized spacial score (nSPS) is 15.3. The van der Waals surface area contributed by atoms with E-state index in [1.54, 1.807) is 24.3 Å². The predicted octanol–water partition coefficient (Wildman–Crippen LogP) is 3.49. The average molecular weight is 391 g/mol. The van der Waals surface area contributed by atoms with E-state index >= 15 is 0 Å². The molecule has 0 saturated carbocycles. The molecule has 0 spiro atoms. The van der Waals surface area contributed by atoms with Gasteiger partial charge in [-0.1, -0.05) is 18.6 Å². The lowest BCUT2D eigenvalue weighted by Crippen LogP contribution is -2.29. The smallest absolute Gasteiger partial charge is 0.265 e. The summed E-state index contributed by atoms with van der Waals surface area (Å²) in [6.45, 7) is 3.16. The van der Waals surface area contributed by atoms with Gasteiger partial charge < -0.3 is 9.47 Å². The first-order chi connectivity index (χ1) is 13.0. The van der Waals surface area contributed by atoms with Crippen molar-refractivity contribution in [1.29, 1.82) is 0 Å². The number of hydrogen-bond donors (Lipinski definition) is 1. The van der Waals surface area contributed by atoms with Gasteiger partial charge in [-0.05, 0) is 55.8 Å². The van der Waals surface area contributed by atoms with Crippen molar-refractivity contribution in [3.05, 3.63) is 48.0 Å².